The summed E-state index contributed by atoms with van der Waals surface area (Å²) in [5.74, 6) is 2.60. The molecule has 3 heteroatoms. The maximum atomic E-state index is 5.52. The molecule has 1 aromatic rings. The lowest BCUT2D eigenvalue weighted by Gasteiger charge is -2.33. The Kier molecular flexibility index (Phi) is 5.48. The molecule has 0 N–H and O–H groups in total. The van der Waals surface area contributed by atoms with E-state index in [9.17, 15) is 0 Å². The summed E-state index contributed by atoms with van der Waals surface area (Å²) < 4.78 is 5.52. The van der Waals surface area contributed by atoms with Crippen LogP contribution in [0.1, 0.15) is 49.4 Å². The van der Waals surface area contributed by atoms with Crippen molar-refractivity contribution in [3.8, 4) is 5.75 Å². The SMILES string of the molecule is CCC1CCC(Br)C(Cc2ncc(C)c(OC)c2C)C1. The van der Waals surface area contributed by atoms with Crippen molar-refractivity contribution in [1.82, 2.24) is 4.98 Å². The average molecular weight is 340 g/mol. The molecule has 1 aromatic heterocycles. The second-order valence-electron chi connectivity index (χ2n) is 6.11. The van der Waals surface area contributed by atoms with E-state index in [0.717, 1.165) is 23.7 Å². The number of nitrogens with zero attached hydrogens (tertiary/aromatic N) is 1. The summed E-state index contributed by atoms with van der Waals surface area (Å²) in [7, 11) is 1.75. The summed E-state index contributed by atoms with van der Waals surface area (Å²) >= 11 is 3.88. The highest BCUT2D eigenvalue weighted by atomic mass is 79.9. The van der Waals surface area contributed by atoms with Gasteiger partial charge in [0, 0.05) is 27.8 Å². The predicted octanol–water partition coefficient (Wildman–Crippen LogP) is 4.84. The molecule has 3 unspecified atom stereocenters. The number of hydrogen-bond donors (Lipinski definition) is 0. The third-order valence-corrected chi connectivity index (χ3v) is 5.99. The molecular formula is C17H26BrNO. The largest absolute Gasteiger partial charge is 0.496 e. The quantitative estimate of drug-likeness (QED) is 0.732. The normalized spacial score (nSPS) is 26.6. The second kappa shape index (κ2) is 6.93. The van der Waals surface area contributed by atoms with Crippen LogP contribution in [0.15, 0.2) is 6.20 Å². The molecule has 1 heterocycles. The number of alkyl halides is 1. The lowest BCUT2D eigenvalue weighted by Crippen LogP contribution is -2.27. The van der Waals surface area contributed by atoms with E-state index in [0.29, 0.717) is 10.7 Å². The van der Waals surface area contributed by atoms with Gasteiger partial charge in [0.05, 0.1) is 7.11 Å². The average Bonchev–Trinajstić information content (AvgIpc) is 2.44. The number of halogens is 1. The van der Waals surface area contributed by atoms with Gasteiger partial charge in [0.25, 0.3) is 0 Å². The van der Waals surface area contributed by atoms with E-state index in [1.807, 2.05) is 6.20 Å². The Bertz CT molecular complexity index is 461. The lowest BCUT2D eigenvalue weighted by molar-refractivity contribution is 0.269. The molecule has 0 saturated heterocycles. The van der Waals surface area contributed by atoms with Crippen LogP contribution in [0.2, 0.25) is 0 Å². The number of methoxy groups -OCH3 is 1. The van der Waals surface area contributed by atoms with E-state index in [2.05, 4.69) is 41.7 Å². The lowest BCUT2D eigenvalue weighted by atomic mass is 9.78. The van der Waals surface area contributed by atoms with Gasteiger partial charge in [-0.25, -0.2) is 0 Å². The fourth-order valence-corrected chi connectivity index (χ4v) is 4.10. The smallest absolute Gasteiger partial charge is 0.128 e. The maximum absolute atomic E-state index is 5.52. The third kappa shape index (κ3) is 3.36. The van der Waals surface area contributed by atoms with Crippen LogP contribution in [-0.4, -0.2) is 16.9 Å². The van der Waals surface area contributed by atoms with Crippen molar-refractivity contribution in [2.24, 2.45) is 11.8 Å². The number of rotatable bonds is 4. The zero-order chi connectivity index (χ0) is 14.7. The number of aryl methyl sites for hydroxylation is 1. The third-order valence-electron chi connectivity index (χ3n) is 4.78. The molecule has 0 aromatic carbocycles. The molecule has 112 valence electrons. The van der Waals surface area contributed by atoms with E-state index in [4.69, 9.17) is 4.74 Å². The van der Waals surface area contributed by atoms with Crippen molar-refractivity contribution in [3.05, 3.63) is 23.0 Å². The van der Waals surface area contributed by atoms with Gasteiger partial charge in [-0.3, -0.25) is 4.98 Å². The minimum absolute atomic E-state index is 0.638. The first-order chi connectivity index (χ1) is 9.56. The van der Waals surface area contributed by atoms with Crippen LogP contribution in [0.3, 0.4) is 0 Å². The number of hydrogen-bond acceptors (Lipinski definition) is 2. The Hall–Kier alpha value is -0.570. The molecule has 1 fully saturated rings. The number of ether oxygens (including phenoxy) is 1. The Morgan fingerprint density at radius 2 is 2.10 bits per heavy atom. The molecule has 0 aliphatic heterocycles. The van der Waals surface area contributed by atoms with Gasteiger partial charge in [-0.05, 0) is 51.4 Å². The highest BCUT2D eigenvalue weighted by Crippen LogP contribution is 2.38. The summed E-state index contributed by atoms with van der Waals surface area (Å²) in [4.78, 5) is 5.30. The molecule has 1 aliphatic rings. The zero-order valence-electron chi connectivity index (χ0n) is 13.1. The molecule has 3 atom stereocenters. The first kappa shape index (κ1) is 15.8. The standard InChI is InChI=1S/C17H26BrNO/c1-5-13-6-7-15(18)14(8-13)9-16-12(3)17(20-4)11(2)10-19-16/h10,13-15H,5-9H2,1-4H3. The Morgan fingerprint density at radius 1 is 1.35 bits per heavy atom. The van der Waals surface area contributed by atoms with E-state index < -0.39 is 0 Å². The summed E-state index contributed by atoms with van der Waals surface area (Å²) in [5, 5.41) is 0. The first-order valence-corrected chi connectivity index (χ1v) is 8.61. The summed E-state index contributed by atoms with van der Waals surface area (Å²) in [6.45, 7) is 6.51. The number of aromatic nitrogens is 1. The molecule has 0 radical (unpaired) electrons. The Morgan fingerprint density at radius 3 is 2.75 bits per heavy atom. The van der Waals surface area contributed by atoms with E-state index in [-0.39, 0.29) is 0 Å². The molecule has 0 amide bonds. The molecule has 1 saturated carbocycles. The van der Waals surface area contributed by atoms with Gasteiger partial charge in [-0.15, -0.1) is 0 Å². The molecule has 0 bridgehead atoms. The van der Waals surface area contributed by atoms with Crippen LogP contribution in [0.25, 0.3) is 0 Å². The van der Waals surface area contributed by atoms with Gasteiger partial charge < -0.3 is 4.74 Å². The topological polar surface area (TPSA) is 22.1 Å². The van der Waals surface area contributed by atoms with Crippen molar-refractivity contribution in [2.45, 2.75) is 57.7 Å². The van der Waals surface area contributed by atoms with Gasteiger partial charge in [-0.2, -0.15) is 0 Å². The van der Waals surface area contributed by atoms with Crippen molar-refractivity contribution in [1.29, 1.82) is 0 Å². The summed E-state index contributed by atoms with van der Waals surface area (Å²) in [6.07, 6.45) is 8.31. The minimum atomic E-state index is 0.638. The second-order valence-corrected chi connectivity index (χ2v) is 7.29. The molecule has 0 spiro atoms. The summed E-state index contributed by atoms with van der Waals surface area (Å²) in [6, 6.07) is 0. The van der Waals surface area contributed by atoms with Crippen LogP contribution < -0.4 is 4.74 Å². The van der Waals surface area contributed by atoms with E-state index in [1.165, 1.54) is 36.9 Å². The number of pyridine rings is 1. The van der Waals surface area contributed by atoms with Gasteiger partial charge >= 0.3 is 0 Å². The van der Waals surface area contributed by atoms with Crippen LogP contribution in [0.5, 0.6) is 5.75 Å². The van der Waals surface area contributed by atoms with Crippen LogP contribution in [0, 0.1) is 25.7 Å². The predicted molar refractivity (Wildman–Crippen MR) is 87.8 cm³/mol. The minimum Gasteiger partial charge on any atom is -0.496 e. The molecule has 2 rings (SSSR count). The zero-order valence-corrected chi connectivity index (χ0v) is 14.7. The van der Waals surface area contributed by atoms with Crippen molar-refractivity contribution < 1.29 is 4.74 Å². The maximum Gasteiger partial charge on any atom is 0.128 e. The van der Waals surface area contributed by atoms with Gasteiger partial charge in [-0.1, -0.05) is 29.3 Å². The van der Waals surface area contributed by atoms with Gasteiger partial charge in [0.2, 0.25) is 0 Å². The van der Waals surface area contributed by atoms with Crippen molar-refractivity contribution in [3.63, 3.8) is 0 Å². The van der Waals surface area contributed by atoms with Crippen LogP contribution in [0.4, 0.5) is 0 Å². The molecule has 2 nitrogen and oxygen atoms in total. The Labute approximate surface area is 131 Å². The summed E-state index contributed by atoms with van der Waals surface area (Å²) in [5.41, 5.74) is 3.55. The highest BCUT2D eigenvalue weighted by molar-refractivity contribution is 9.09. The van der Waals surface area contributed by atoms with Gasteiger partial charge in [0.15, 0.2) is 0 Å². The fraction of sp³-hybridized carbons (Fsp3) is 0.706. The van der Waals surface area contributed by atoms with Crippen molar-refractivity contribution in [2.75, 3.05) is 7.11 Å². The molecule has 20 heavy (non-hydrogen) atoms. The first-order valence-electron chi connectivity index (χ1n) is 7.69. The monoisotopic (exact) mass is 339 g/mol. The van der Waals surface area contributed by atoms with E-state index in [1.54, 1.807) is 7.11 Å². The van der Waals surface area contributed by atoms with Crippen LogP contribution >= 0.6 is 15.9 Å². The molecular weight excluding hydrogens is 314 g/mol. The fourth-order valence-electron chi connectivity index (χ4n) is 3.43. The highest BCUT2D eigenvalue weighted by Gasteiger charge is 2.29. The van der Waals surface area contributed by atoms with Gasteiger partial charge in [0.1, 0.15) is 5.75 Å². The van der Waals surface area contributed by atoms with E-state index >= 15 is 0 Å². The van der Waals surface area contributed by atoms with Crippen LogP contribution in [-0.2, 0) is 6.42 Å². The Balaban J connectivity index is 2.16. The molecule has 1 aliphatic carbocycles. The van der Waals surface area contributed by atoms with Crippen molar-refractivity contribution >= 4 is 15.9 Å².